The number of ether oxygens (including phenoxy) is 3. The Labute approximate surface area is 97.2 Å². The molecule has 2 atom stereocenters. The van der Waals surface area contributed by atoms with E-state index in [9.17, 15) is 0 Å². The van der Waals surface area contributed by atoms with Gasteiger partial charge in [-0.15, -0.1) is 0 Å². The quantitative estimate of drug-likeness (QED) is 0.615. The largest absolute Gasteiger partial charge is 0.374 e. The molecule has 0 N–H and O–H groups in total. The zero-order valence-corrected chi connectivity index (χ0v) is 10.4. The molecular weight excluding hydrogens is 208 g/mol. The maximum atomic E-state index is 5.79. The van der Waals surface area contributed by atoms with Crippen molar-refractivity contribution < 1.29 is 14.2 Å². The summed E-state index contributed by atoms with van der Waals surface area (Å²) in [5.41, 5.74) is 0. The van der Waals surface area contributed by atoms with Crippen molar-refractivity contribution in [2.45, 2.75) is 18.4 Å². The lowest BCUT2D eigenvalue weighted by molar-refractivity contribution is -0.115. The van der Waals surface area contributed by atoms with Crippen LogP contribution in [0.5, 0.6) is 0 Å². The van der Waals surface area contributed by atoms with Crippen LogP contribution in [0.2, 0.25) is 0 Å². The first-order valence-electron chi connectivity index (χ1n) is 5.84. The molecule has 0 unspecified atom stereocenters. The standard InChI is InChI=1S/C11H22N2O3/c1-12-4-5-16-10-7-13(6-9(10)12)8-11(14-2)15-3/h9-11H,4-8H2,1-3H3/t9-,10-/m0/s1. The molecule has 5 heteroatoms. The first-order valence-corrected chi connectivity index (χ1v) is 5.84. The lowest BCUT2D eigenvalue weighted by Crippen LogP contribution is -2.48. The third-order valence-electron chi connectivity index (χ3n) is 3.59. The number of fused-ring (bicyclic) bond motifs is 1. The zero-order chi connectivity index (χ0) is 11.5. The fraction of sp³-hybridized carbons (Fsp3) is 1.00. The number of hydrogen-bond acceptors (Lipinski definition) is 5. The van der Waals surface area contributed by atoms with Gasteiger partial charge in [0, 0.05) is 46.4 Å². The molecular formula is C11H22N2O3. The molecule has 16 heavy (non-hydrogen) atoms. The first kappa shape index (κ1) is 12.3. The average molecular weight is 230 g/mol. The summed E-state index contributed by atoms with van der Waals surface area (Å²) in [7, 11) is 5.54. The van der Waals surface area contributed by atoms with Crippen LogP contribution in [-0.2, 0) is 14.2 Å². The lowest BCUT2D eigenvalue weighted by Gasteiger charge is -2.33. The van der Waals surface area contributed by atoms with Gasteiger partial charge in [0.15, 0.2) is 6.29 Å². The van der Waals surface area contributed by atoms with E-state index < -0.39 is 0 Å². The van der Waals surface area contributed by atoms with Gasteiger partial charge >= 0.3 is 0 Å². The van der Waals surface area contributed by atoms with E-state index in [4.69, 9.17) is 14.2 Å². The highest BCUT2D eigenvalue weighted by atomic mass is 16.7. The van der Waals surface area contributed by atoms with Crippen LogP contribution < -0.4 is 0 Å². The van der Waals surface area contributed by atoms with Gasteiger partial charge in [0.05, 0.1) is 12.7 Å². The fourth-order valence-electron chi connectivity index (χ4n) is 2.54. The molecule has 0 aliphatic carbocycles. The van der Waals surface area contributed by atoms with E-state index in [0.29, 0.717) is 12.1 Å². The van der Waals surface area contributed by atoms with Crippen molar-refractivity contribution in [2.24, 2.45) is 0 Å². The summed E-state index contributed by atoms with van der Waals surface area (Å²) in [5.74, 6) is 0. The Morgan fingerprint density at radius 1 is 1.31 bits per heavy atom. The van der Waals surface area contributed by atoms with Crippen LogP contribution in [0.15, 0.2) is 0 Å². The van der Waals surface area contributed by atoms with Crippen LogP contribution in [-0.4, -0.2) is 82.3 Å². The topological polar surface area (TPSA) is 34.2 Å². The summed E-state index contributed by atoms with van der Waals surface area (Å²) < 4.78 is 16.2. The number of nitrogens with zero attached hydrogens (tertiary/aromatic N) is 2. The van der Waals surface area contributed by atoms with Crippen LogP contribution >= 0.6 is 0 Å². The minimum absolute atomic E-state index is 0.134. The molecule has 2 aliphatic heterocycles. The number of rotatable bonds is 4. The second-order valence-electron chi connectivity index (χ2n) is 4.58. The monoisotopic (exact) mass is 230 g/mol. The van der Waals surface area contributed by atoms with E-state index in [-0.39, 0.29) is 6.29 Å². The molecule has 0 amide bonds. The van der Waals surface area contributed by atoms with Crippen molar-refractivity contribution in [1.29, 1.82) is 0 Å². The van der Waals surface area contributed by atoms with Gasteiger partial charge in [0.1, 0.15) is 0 Å². The second-order valence-corrected chi connectivity index (χ2v) is 4.58. The minimum atomic E-state index is -0.134. The molecule has 2 saturated heterocycles. The van der Waals surface area contributed by atoms with Crippen molar-refractivity contribution in [1.82, 2.24) is 9.80 Å². The number of methoxy groups -OCH3 is 2. The van der Waals surface area contributed by atoms with Crippen molar-refractivity contribution in [3.63, 3.8) is 0 Å². The molecule has 2 rings (SSSR count). The lowest BCUT2D eigenvalue weighted by atomic mass is 10.1. The van der Waals surface area contributed by atoms with Gasteiger partial charge in [-0.25, -0.2) is 0 Å². The van der Waals surface area contributed by atoms with E-state index in [1.807, 2.05) is 0 Å². The van der Waals surface area contributed by atoms with Crippen LogP contribution in [0.25, 0.3) is 0 Å². The number of morpholine rings is 1. The summed E-state index contributed by atoms with van der Waals surface area (Å²) in [6, 6.07) is 0.531. The molecule has 0 saturated carbocycles. The third kappa shape index (κ3) is 2.55. The maximum absolute atomic E-state index is 5.79. The normalized spacial score (nSPS) is 32.2. The van der Waals surface area contributed by atoms with Crippen molar-refractivity contribution in [2.75, 3.05) is 54.1 Å². The Balaban J connectivity index is 1.86. The molecule has 0 radical (unpaired) electrons. The highest BCUT2D eigenvalue weighted by molar-refractivity contribution is 4.93. The van der Waals surface area contributed by atoms with Crippen molar-refractivity contribution >= 4 is 0 Å². The van der Waals surface area contributed by atoms with Gasteiger partial charge < -0.3 is 14.2 Å². The summed E-state index contributed by atoms with van der Waals surface area (Å²) >= 11 is 0. The Kier molecular flexibility index (Phi) is 4.16. The number of hydrogen-bond donors (Lipinski definition) is 0. The Morgan fingerprint density at radius 2 is 2.06 bits per heavy atom. The molecule has 0 spiro atoms. The van der Waals surface area contributed by atoms with E-state index >= 15 is 0 Å². The second kappa shape index (κ2) is 5.42. The third-order valence-corrected chi connectivity index (χ3v) is 3.59. The SMILES string of the molecule is COC(CN1C[C@@H]2OCCN(C)[C@H]2C1)OC. The maximum Gasteiger partial charge on any atom is 0.169 e. The van der Waals surface area contributed by atoms with Gasteiger partial charge in [-0.1, -0.05) is 0 Å². The van der Waals surface area contributed by atoms with Gasteiger partial charge in [-0.2, -0.15) is 0 Å². The molecule has 94 valence electrons. The molecule has 2 heterocycles. The van der Waals surface area contributed by atoms with Crippen LogP contribution in [0, 0.1) is 0 Å². The molecule has 0 aromatic heterocycles. The molecule has 2 fully saturated rings. The Hall–Kier alpha value is -0.200. The predicted molar refractivity (Wildman–Crippen MR) is 60.4 cm³/mol. The highest BCUT2D eigenvalue weighted by Gasteiger charge is 2.38. The van der Waals surface area contributed by atoms with E-state index in [1.165, 1.54) is 0 Å². The smallest absolute Gasteiger partial charge is 0.169 e. The summed E-state index contributed by atoms with van der Waals surface area (Å²) in [4.78, 5) is 4.75. The van der Waals surface area contributed by atoms with Crippen LogP contribution in [0.1, 0.15) is 0 Å². The first-order chi connectivity index (χ1) is 7.74. The molecule has 0 aromatic rings. The Morgan fingerprint density at radius 3 is 2.69 bits per heavy atom. The molecule has 0 bridgehead atoms. The van der Waals surface area contributed by atoms with E-state index in [1.54, 1.807) is 14.2 Å². The van der Waals surface area contributed by atoms with Crippen molar-refractivity contribution in [3.8, 4) is 0 Å². The number of likely N-dealkylation sites (N-methyl/N-ethyl adjacent to an activating group) is 1. The predicted octanol–water partition coefficient (Wildman–Crippen LogP) is -0.380. The summed E-state index contributed by atoms with van der Waals surface area (Å²) in [5, 5.41) is 0. The summed E-state index contributed by atoms with van der Waals surface area (Å²) in [6.07, 6.45) is 0.221. The van der Waals surface area contributed by atoms with Crippen LogP contribution in [0.3, 0.4) is 0 Å². The van der Waals surface area contributed by atoms with E-state index in [0.717, 1.165) is 32.8 Å². The molecule has 5 nitrogen and oxygen atoms in total. The van der Waals surface area contributed by atoms with E-state index in [2.05, 4.69) is 16.8 Å². The molecule has 2 aliphatic rings. The van der Waals surface area contributed by atoms with Gasteiger partial charge in [-0.3, -0.25) is 9.80 Å². The van der Waals surface area contributed by atoms with Crippen LogP contribution in [0.4, 0.5) is 0 Å². The highest BCUT2D eigenvalue weighted by Crippen LogP contribution is 2.21. The zero-order valence-electron chi connectivity index (χ0n) is 10.4. The fourth-order valence-corrected chi connectivity index (χ4v) is 2.54. The van der Waals surface area contributed by atoms with Crippen molar-refractivity contribution in [3.05, 3.63) is 0 Å². The van der Waals surface area contributed by atoms with Gasteiger partial charge in [-0.05, 0) is 7.05 Å². The summed E-state index contributed by atoms with van der Waals surface area (Å²) in [6.45, 7) is 4.73. The minimum Gasteiger partial charge on any atom is -0.374 e. The number of likely N-dealkylation sites (tertiary alicyclic amines) is 1. The average Bonchev–Trinajstić information content (AvgIpc) is 2.70. The Bertz CT molecular complexity index is 223. The van der Waals surface area contributed by atoms with Gasteiger partial charge in [0.25, 0.3) is 0 Å². The van der Waals surface area contributed by atoms with Gasteiger partial charge in [0.2, 0.25) is 0 Å². The molecule has 0 aromatic carbocycles.